The Labute approximate surface area is 106 Å². The van der Waals surface area contributed by atoms with E-state index in [1.165, 1.54) is 0 Å². The minimum absolute atomic E-state index is 0.0150. The van der Waals surface area contributed by atoms with E-state index in [2.05, 4.69) is 0 Å². The standard InChI is InChI=1S/C13H16ClNO2/c1-9-7-12(13(16)17-9)15(2)8-10-5-3-4-6-11(10)14/h3-6,9,12H,7-8H2,1-2H3/t9-,12-/m1/s1. The average Bonchev–Trinajstić information content (AvgIpc) is 2.61. The van der Waals surface area contributed by atoms with Crippen LogP contribution in [0.4, 0.5) is 0 Å². The molecule has 0 aliphatic carbocycles. The molecule has 1 saturated heterocycles. The van der Waals surface area contributed by atoms with E-state index in [1.807, 2.05) is 43.1 Å². The van der Waals surface area contributed by atoms with Crippen molar-refractivity contribution in [1.29, 1.82) is 0 Å². The predicted octanol–water partition coefficient (Wildman–Crippen LogP) is 2.48. The van der Waals surface area contributed by atoms with Crippen LogP contribution >= 0.6 is 11.6 Å². The van der Waals surface area contributed by atoms with Gasteiger partial charge >= 0.3 is 5.97 Å². The number of hydrogen-bond donors (Lipinski definition) is 0. The fourth-order valence-electron chi connectivity index (χ4n) is 2.10. The van der Waals surface area contributed by atoms with E-state index in [4.69, 9.17) is 16.3 Å². The van der Waals surface area contributed by atoms with Crippen LogP contribution in [0.1, 0.15) is 18.9 Å². The first-order valence-electron chi connectivity index (χ1n) is 5.72. The van der Waals surface area contributed by atoms with E-state index in [1.54, 1.807) is 0 Å². The zero-order chi connectivity index (χ0) is 12.4. The summed E-state index contributed by atoms with van der Waals surface area (Å²) in [6.07, 6.45) is 0.765. The lowest BCUT2D eigenvalue weighted by Crippen LogP contribution is -2.34. The highest BCUT2D eigenvalue weighted by Gasteiger charge is 2.34. The molecule has 0 saturated carbocycles. The minimum Gasteiger partial charge on any atom is -0.461 e. The van der Waals surface area contributed by atoms with Gasteiger partial charge in [0.2, 0.25) is 0 Å². The summed E-state index contributed by atoms with van der Waals surface area (Å²) in [5.74, 6) is -0.132. The molecule has 0 radical (unpaired) electrons. The van der Waals surface area contributed by atoms with Gasteiger partial charge < -0.3 is 4.74 Å². The van der Waals surface area contributed by atoms with Crippen molar-refractivity contribution >= 4 is 17.6 Å². The lowest BCUT2D eigenvalue weighted by Gasteiger charge is -2.21. The van der Waals surface area contributed by atoms with Crippen molar-refractivity contribution < 1.29 is 9.53 Å². The molecule has 1 fully saturated rings. The van der Waals surface area contributed by atoms with Gasteiger partial charge in [0.25, 0.3) is 0 Å². The zero-order valence-corrected chi connectivity index (χ0v) is 10.8. The molecule has 0 aromatic heterocycles. The zero-order valence-electron chi connectivity index (χ0n) is 10.0. The summed E-state index contributed by atoms with van der Waals surface area (Å²) >= 11 is 6.10. The number of likely N-dealkylation sites (N-methyl/N-ethyl adjacent to an activating group) is 1. The highest BCUT2D eigenvalue weighted by molar-refractivity contribution is 6.31. The molecule has 4 heteroatoms. The van der Waals surface area contributed by atoms with Gasteiger partial charge in [-0.05, 0) is 25.6 Å². The van der Waals surface area contributed by atoms with Crippen molar-refractivity contribution in [2.45, 2.75) is 32.0 Å². The Kier molecular flexibility index (Phi) is 3.69. The Bertz CT molecular complexity index is 422. The van der Waals surface area contributed by atoms with Crippen molar-refractivity contribution in [2.75, 3.05) is 7.05 Å². The van der Waals surface area contributed by atoms with Gasteiger partial charge in [-0.2, -0.15) is 0 Å². The van der Waals surface area contributed by atoms with E-state index < -0.39 is 0 Å². The van der Waals surface area contributed by atoms with Gasteiger partial charge in [0.1, 0.15) is 12.1 Å². The van der Waals surface area contributed by atoms with Gasteiger partial charge in [-0.3, -0.25) is 9.69 Å². The van der Waals surface area contributed by atoms with Crippen LogP contribution in [0.5, 0.6) is 0 Å². The Morgan fingerprint density at radius 2 is 2.18 bits per heavy atom. The number of hydrogen-bond acceptors (Lipinski definition) is 3. The number of benzene rings is 1. The maximum Gasteiger partial charge on any atom is 0.323 e. The highest BCUT2D eigenvalue weighted by Crippen LogP contribution is 2.22. The summed E-state index contributed by atoms with van der Waals surface area (Å²) in [4.78, 5) is 13.6. The Morgan fingerprint density at radius 3 is 2.76 bits per heavy atom. The first-order chi connectivity index (χ1) is 8.08. The van der Waals surface area contributed by atoms with Crippen molar-refractivity contribution in [1.82, 2.24) is 4.90 Å². The molecule has 92 valence electrons. The van der Waals surface area contributed by atoms with Crippen LogP contribution < -0.4 is 0 Å². The molecule has 1 aliphatic rings. The summed E-state index contributed by atoms with van der Waals surface area (Å²) < 4.78 is 5.15. The van der Waals surface area contributed by atoms with E-state index in [0.29, 0.717) is 6.54 Å². The number of rotatable bonds is 3. The number of ether oxygens (including phenoxy) is 1. The van der Waals surface area contributed by atoms with Gasteiger partial charge in [-0.15, -0.1) is 0 Å². The van der Waals surface area contributed by atoms with Crippen molar-refractivity contribution in [3.63, 3.8) is 0 Å². The third-order valence-electron chi connectivity index (χ3n) is 3.05. The van der Waals surface area contributed by atoms with Crippen LogP contribution in [0.2, 0.25) is 5.02 Å². The van der Waals surface area contributed by atoms with Gasteiger partial charge in [0, 0.05) is 18.0 Å². The number of esters is 1. The molecule has 0 amide bonds. The first-order valence-corrected chi connectivity index (χ1v) is 6.10. The monoisotopic (exact) mass is 253 g/mol. The second kappa shape index (κ2) is 5.07. The number of carbonyl (C=O) groups excluding carboxylic acids is 1. The molecular weight excluding hydrogens is 238 g/mol. The fraction of sp³-hybridized carbons (Fsp3) is 0.462. The molecular formula is C13H16ClNO2. The molecule has 2 atom stereocenters. The van der Waals surface area contributed by atoms with Crippen molar-refractivity contribution in [2.24, 2.45) is 0 Å². The molecule has 0 N–H and O–H groups in total. The van der Waals surface area contributed by atoms with Gasteiger partial charge in [0.15, 0.2) is 0 Å². The third-order valence-corrected chi connectivity index (χ3v) is 3.42. The molecule has 0 unspecified atom stereocenters. The third kappa shape index (κ3) is 2.79. The minimum atomic E-state index is -0.152. The van der Waals surface area contributed by atoms with Gasteiger partial charge in [0.05, 0.1) is 0 Å². The normalized spacial score (nSPS) is 24.1. The summed E-state index contributed by atoms with van der Waals surface area (Å²) in [7, 11) is 1.92. The second-order valence-corrected chi connectivity index (χ2v) is 4.91. The quantitative estimate of drug-likeness (QED) is 0.775. The molecule has 0 spiro atoms. The smallest absolute Gasteiger partial charge is 0.323 e. The van der Waals surface area contributed by atoms with E-state index >= 15 is 0 Å². The highest BCUT2D eigenvalue weighted by atomic mass is 35.5. The lowest BCUT2D eigenvalue weighted by molar-refractivity contribution is -0.144. The van der Waals surface area contributed by atoms with Crippen LogP contribution in [0, 0.1) is 0 Å². The van der Waals surface area contributed by atoms with E-state index in [0.717, 1.165) is 17.0 Å². The molecule has 2 rings (SSSR count). The summed E-state index contributed by atoms with van der Waals surface area (Å²) in [5.41, 5.74) is 1.03. The summed E-state index contributed by atoms with van der Waals surface area (Å²) in [5, 5.41) is 0.735. The van der Waals surface area contributed by atoms with Crippen LogP contribution in [-0.2, 0) is 16.1 Å². The lowest BCUT2D eigenvalue weighted by atomic mass is 10.1. The van der Waals surface area contributed by atoms with E-state index in [-0.39, 0.29) is 18.1 Å². The Hall–Kier alpha value is -1.06. The molecule has 0 bridgehead atoms. The molecule has 1 aromatic carbocycles. The molecule has 1 aromatic rings. The van der Waals surface area contributed by atoms with Crippen LogP contribution in [-0.4, -0.2) is 30.1 Å². The summed E-state index contributed by atoms with van der Waals surface area (Å²) in [6.45, 7) is 2.58. The largest absolute Gasteiger partial charge is 0.461 e. The number of cyclic esters (lactones) is 1. The SMILES string of the molecule is C[C@@H]1C[C@@H](N(C)Cc2ccccc2Cl)C(=O)O1. The van der Waals surface area contributed by atoms with Crippen LogP contribution in [0.15, 0.2) is 24.3 Å². The average molecular weight is 254 g/mol. The Morgan fingerprint density at radius 1 is 1.47 bits per heavy atom. The molecule has 17 heavy (non-hydrogen) atoms. The van der Waals surface area contributed by atoms with Crippen molar-refractivity contribution in [3.05, 3.63) is 34.9 Å². The van der Waals surface area contributed by atoms with Crippen LogP contribution in [0.3, 0.4) is 0 Å². The number of halogens is 1. The topological polar surface area (TPSA) is 29.5 Å². The predicted molar refractivity (Wildman–Crippen MR) is 66.9 cm³/mol. The van der Waals surface area contributed by atoms with Crippen molar-refractivity contribution in [3.8, 4) is 0 Å². The first kappa shape index (κ1) is 12.4. The number of carbonyl (C=O) groups is 1. The molecule has 1 aliphatic heterocycles. The van der Waals surface area contributed by atoms with Gasteiger partial charge in [-0.25, -0.2) is 0 Å². The summed E-state index contributed by atoms with van der Waals surface area (Å²) in [6, 6.07) is 7.53. The molecule has 3 nitrogen and oxygen atoms in total. The maximum absolute atomic E-state index is 11.6. The van der Waals surface area contributed by atoms with Gasteiger partial charge in [-0.1, -0.05) is 29.8 Å². The Balaban J connectivity index is 2.05. The fourth-order valence-corrected chi connectivity index (χ4v) is 2.30. The van der Waals surface area contributed by atoms with Crippen LogP contribution in [0.25, 0.3) is 0 Å². The molecule has 1 heterocycles. The number of nitrogens with zero attached hydrogens (tertiary/aromatic N) is 1. The maximum atomic E-state index is 11.6. The van der Waals surface area contributed by atoms with E-state index in [9.17, 15) is 4.79 Å². The second-order valence-electron chi connectivity index (χ2n) is 4.51.